The Balaban J connectivity index is 1.97. The summed E-state index contributed by atoms with van der Waals surface area (Å²) in [5, 5.41) is 0. The minimum Gasteiger partial charge on any atom is -0.444 e. The molecule has 5 heteroatoms. The van der Waals surface area contributed by atoms with Gasteiger partial charge in [0.05, 0.1) is 0 Å². The summed E-state index contributed by atoms with van der Waals surface area (Å²) in [6, 6.07) is 4.67. The predicted octanol–water partition coefficient (Wildman–Crippen LogP) is 3.52. The van der Waals surface area contributed by atoms with Crippen LogP contribution in [0, 0.1) is 5.82 Å². The summed E-state index contributed by atoms with van der Waals surface area (Å²) in [4.78, 5) is 13.7. The van der Waals surface area contributed by atoms with Gasteiger partial charge < -0.3 is 15.4 Å². The third kappa shape index (κ3) is 4.09. The van der Waals surface area contributed by atoms with Crippen molar-refractivity contribution in [3.63, 3.8) is 0 Å². The van der Waals surface area contributed by atoms with E-state index in [-0.39, 0.29) is 17.8 Å². The zero-order valence-corrected chi connectivity index (χ0v) is 12.9. The van der Waals surface area contributed by atoms with Crippen molar-refractivity contribution in [2.75, 3.05) is 18.8 Å². The number of hydrogen-bond acceptors (Lipinski definition) is 3. The minimum absolute atomic E-state index is 0.104. The van der Waals surface area contributed by atoms with E-state index in [1.807, 2.05) is 20.8 Å². The van der Waals surface area contributed by atoms with Crippen molar-refractivity contribution in [2.24, 2.45) is 0 Å². The van der Waals surface area contributed by atoms with Gasteiger partial charge in [-0.05, 0) is 63.3 Å². The predicted molar refractivity (Wildman–Crippen MR) is 80.6 cm³/mol. The van der Waals surface area contributed by atoms with Crippen LogP contribution in [0.4, 0.5) is 14.9 Å². The number of nitrogens with two attached hydrogens (primary N) is 1. The molecule has 1 fully saturated rings. The summed E-state index contributed by atoms with van der Waals surface area (Å²) in [7, 11) is 0. The summed E-state index contributed by atoms with van der Waals surface area (Å²) in [6.45, 7) is 6.70. The summed E-state index contributed by atoms with van der Waals surface area (Å²) < 4.78 is 19.2. The van der Waals surface area contributed by atoms with E-state index in [0.29, 0.717) is 24.3 Å². The molecule has 2 N–H and O–H groups in total. The fourth-order valence-electron chi connectivity index (χ4n) is 2.57. The highest BCUT2D eigenvalue weighted by Gasteiger charge is 2.28. The van der Waals surface area contributed by atoms with Crippen molar-refractivity contribution in [1.82, 2.24) is 4.90 Å². The summed E-state index contributed by atoms with van der Waals surface area (Å²) in [5.41, 5.74) is 6.46. The van der Waals surface area contributed by atoms with Crippen LogP contribution in [0.15, 0.2) is 18.2 Å². The Kier molecular flexibility index (Phi) is 4.40. The average Bonchev–Trinajstić information content (AvgIpc) is 2.40. The van der Waals surface area contributed by atoms with Gasteiger partial charge in [-0.25, -0.2) is 9.18 Å². The van der Waals surface area contributed by atoms with E-state index in [1.165, 1.54) is 6.07 Å². The first-order valence-electron chi connectivity index (χ1n) is 7.29. The van der Waals surface area contributed by atoms with E-state index >= 15 is 0 Å². The monoisotopic (exact) mass is 294 g/mol. The second-order valence-electron chi connectivity index (χ2n) is 6.52. The lowest BCUT2D eigenvalue weighted by atomic mass is 9.89. The third-order valence-electron chi connectivity index (χ3n) is 3.61. The number of amides is 1. The lowest BCUT2D eigenvalue weighted by molar-refractivity contribution is 0.0204. The first kappa shape index (κ1) is 15.6. The van der Waals surface area contributed by atoms with Crippen LogP contribution in [0.5, 0.6) is 0 Å². The van der Waals surface area contributed by atoms with Crippen LogP contribution in [0.2, 0.25) is 0 Å². The van der Waals surface area contributed by atoms with Crippen molar-refractivity contribution < 1.29 is 13.9 Å². The molecule has 1 aromatic rings. The third-order valence-corrected chi connectivity index (χ3v) is 3.61. The highest BCUT2D eigenvalue weighted by atomic mass is 19.1. The second-order valence-corrected chi connectivity index (χ2v) is 6.52. The van der Waals surface area contributed by atoms with Crippen molar-refractivity contribution in [3.05, 3.63) is 29.6 Å². The van der Waals surface area contributed by atoms with Gasteiger partial charge >= 0.3 is 6.09 Å². The quantitative estimate of drug-likeness (QED) is 0.806. The van der Waals surface area contributed by atoms with E-state index < -0.39 is 5.60 Å². The maximum atomic E-state index is 13.9. The highest BCUT2D eigenvalue weighted by Crippen LogP contribution is 2.31. The maximum Gasteiger partial charge on any atom is 0.410 e. The zero-order valence-electron chi connectivity index (χ0n) is 12.9. The molecule has 0 unspecified atom stereocenters. The molecule has 1 amide bonds. The number of ether oxygens (including phenoxy) is 1. The lowest BCUT2D eigenvalue weighted by Crippen LogP contribution is -2.41. The number of halogens is 1. The van der Waals surface area contributed by atoms with Crippen LogP contribution < -0.4 is 5.73 Å². The Labute approximate surface area is 125 Å². The first-order chi connectivity index (χ1) is 9.76. The topological polar surface area (TPSA) is 55.6 Å². The van der Waals surface area contributed by atoms with Gasteiger partial charge in [-0.2, -0.15) is 0 Å². The molecule has 1 aliphatic heterocycles. The van der Waals surface area contributed by atoms with E-state index in [9.17, 15) is 9.18 Å². The Morgan fingerprint density at radius 2 is 1.95 bits per heavy atom. The Morgan fingerprint density at radius 3 is 2.52 bits per heavy atom. The molecule has 2 rings (SSSR count). The van der Waals surface area contributed by atoms with Crippen molar-refractivity contribution >= 4 is 11.8 Å². The van der Waals surface area contributed by atoms with E-state index in [1.54, 1.807) is 17.0 Å². The van der Waals surface area contributed by atoms with Crippen LogP contribution in [0.3, 0.4) is 0 Å². The molecule has 1 heterocycles. The summed E-state index contributed by atoms with van der Waals surface area (Å²) in [6.07, 6.45) is 1.15. The van der Waals surface area contributed by atoms with Crippen molar-refractivity contribution in [2.45, 2.75) is 45.1 Å². The van der Waals surface area contributed by atoms with Gasteiger partial charge in [0.1, 0.15) is 11.4 Å². The van der Waals surface area contributed by atoms with Crippen LogP contribution in [0.25, 0.3) is 0 Å². The van der Waals surface area contributed by atoms with Gasteiger partial charge in [0, 0.05) is 18.8 Å². The molecule has 0 aromatic heterocycles. The van der Waals surface area contributed by atoms with Gasteiger partial charge in [0.25, 0.3) is 0 Å². The van der Waals surface area contributed by atoms with E-state index in [4.69, 9.17) is 10.5 Å². The molecule has 0 aliphatic carbocycles. The molecule has 21 heavy (non-hydrogen) atoms. The molecule has 1 saturated heterocycles. The van der Waals surface area contributed by atoms with Crippen molar-refractivity contribution in [3.8, 4) is 0 Å². The summed E-state index contributed by atoms with van der Waals surface area (Å²) >= 11 is 0. The molecule has 0 spiro atoms. The number of likely N-dealkylation sites (tertiary alicyclic amines) is 1. The standard InChI is InChI=1S/C16H23FN2O2/c1-16(2,3)21-15(20)19-8-6-11(7-9-19)13-10-12(18)4-5-14(13)17/h4-5,10-11H,6-9,18H2,1-3H3. The molecule has 0 saturated carbocycles. The number of benzene rings is 1. The molecule has 4 nitrogen and oxygen atoms in total. The van der Waals surface area contributed by atoms with Crippen LogP contribution in [0.1, 0.15) is 45.1 Å². The Hall–Kier alpha value is -1.78. The molecule has 0 radical (unpaired) electrons. The van der Waals surface area contributed by atoms with Gasteiger partial charge in [0.15, 0.2) is 0 Å². The van der Waals surface area contributed by atoms with Crippen LogP contribution in [-0.4, -0.2) is 29.7 Å². The average molecular weight is 294 g/mol. The normalized spacial score (nSPS) is 16.9. The van der Waals surface area contributed by atoms with E-state index in [0.717, 1.165) is 12.8 Å². The van der Waals surface area contributed by atoms with Gasteiger partial charge in [-0.1, -0.05) is 0 Å². The number of nitrogens with zero attached hydrogens (tertiary/aromatic N) is 1. The number of rotatable bonds is 1. The smallest absolute Gasteiger partial charge is 0.410 e. The molecular weight excluding hydrogens is 271 g/mol. The fraction of sp³-hybridized carbons (Fsp3) is 0.562. The number of carbonyl (C=O) groups is 1. The van der Waals surface area contributed by atoms with Gasteiger partial charge in [0.2, 0.25) is 0 Å². The van der Waals surface area contributed by atoms with Crippen LogP contribution in [-0.2, 0) is 4.74 Å². The molecule has 1 aliphatic rings. The molecule has 0 bridgehead atoms. The molecule has 1 aromatic carbocycles. The molecule has 116 valence electrons. The Morgan fingerprint density at radius 1 is 1.33 bits per heavy atom. The van der Waals surface area contributed by atoms with Gasteiger partial charge in [-0.15, -0.1) is 0 Å². The number of carbonyl (C=O) groups excluding carboxylic acids is 1. The second kappa shape index (κ2) is 5.92. The van der Waals surface area contributed by atoms with Crippen molar-refractivity contribution in [1.29, 1.82) is 0 Å². The largest absolute Gasteiger partial charge is 0.444 e. The molecular formula is C16H23FN2O2. The van der Waals surface area contributed by atoms with Gasteiger partial charge in [-0.3, -0.25) is 0 Å². The minimum atomic E-state index is -0.492. The first-order valence-corrected chi connectivity index (χ1v) is 7.29. The SMILES string of the molecule is CC(C)(C)OC(=O)N1CCC(c2cc(N)ccc2F)CC1. The lowest BCUT2D eigenvalue weighted by Gasteiger charge is -2.33. The zero-order chi connectivity index (χ0) is 15.6. The van der Waals surface area contributed by atoms with E-state index in [2.05, 4.69) is 0 Å². The fourth-order valence-corrected chi connectivity index (χ4v) is 2.57. The summed E-state index contributed by atoms with van der Waals surface area (Å²) in [5.74, 6) is -0.118. The molecule has 0 atom stereocenters. The number of nitrogen functional groups attached to an aromatic ring is 1. The Bertz CT molecular complexity index is 517. The number of hydrogen-bond donors (Lipinski definition) is 1. The number of anilines is 1. The number of piperidine rings is 1. The highest BCUT2D eigenvalue weighted by molar-refractivity contribution is 5.68. The van der Waals surface area contributed by atoms with Crippen LogP contribution >= 0.6 is 0 Å². The maximum absolute atomic E-state index is 13.9.